The zero-order valence-corrected chi connectivity index (χ0v) is 9.71. The van der Waals surface area contributed by atoms with Crippen LogP contribution in [0, 0.1) is 5.82 Å². The number of hydrogen-bond donors (Lipinski definition) is 1. The molecule has 0 saturated carbocycles. The van der Waals surface area contributed by atoms with E-state index in [1.807, 2.05) is 0 Å². The summed E-state index contributed by atoms with van der Waals surface area (Å²) >= 11 is 1.47. The van der Waals surface area contributed by atoms with Crippen molar-refractivity contribution in [2.75, 3.05) is 0 Å². The van der Waals surface area contributed by atoms with Gasteiger partial charge < -0.3 is 9.67 Å². The maximum atomic E-state index is 13.2. The summed E-state index contributed by atoms with van der Waals surface area (Å²) in [6, 6.07) is 6.20. The molecule has 2 heterocycles. The second-order valence-electron chi connectivity index (χ2n) is 3.85. The van der Waals surface area contributed by atoms with Crippen LogP contribution in [0.1, 0.15) is 10.5 Å². The van der Waals surface area contributed by atoms with E-state index >= 15 is 0 Å². The fourth-order valence-electron chi connectivity index (χ4n) is 2.07. The quantitative estimate of drug-likeness (QED) is 0.719. The fourth-order valence-corrected chi connectivity index (χ4v) is 3.22. The van der Waals surface area contributed by atoms with E-state index in [-0.39, 0.29) is 11.5 Å². The van der Waals surface area contributed by atoms with E-state index in [2.05, 4.69) is 0 Å². The van der Waals surface area contributed by atoms with E-state index in [0.717, 1.165) is 20.3 Å². The van der Waals surface area contributed by atoms with Crippen molar-refractivity contribution >= 4 is 37.6 Å². The normalized spacial score (nSPS) is 11.4. The Hall–Kier alpha value is -1.88. The molecule has 2 aromatic heterocycles. The largest absolute Gasteiger partial charge is 0.477 e. The molecular weight excluding hydrogens is 241 g/mol. The number of nitrogens with zero attached hydrogens (tertiary/aromatic N) is 1. The van der Waals surface area contributed by atoms with Crippen LogP contribution in [-0.2, 0) is 7.05 Å². The third-order valence-electron chi connectivity index (χ3n) is 2.83. The standard InChI is InChI=1S/C12H8FNO2S/c1-14-8(12(15)16)5-10-11(14)7-4-6(13)2-3-9(7)17-10/h2-5H,1H3,(H,15,16). The number of thiophene rings is 1. The molecule has 0 atom stereocenters. The van der Waals surface area contributed by atoms with Gasteiger partial charge in [0.1, 0.15) is 11.5 Å². The van der Waals surface area contributed by atoms with Gasteiger partial charge in [-0.25, -0.2) is 9.18 Å². The Morgan fingerprint density at radius 3 is 2.82 bits per heavy atom. The van der Waals surface area contributed by atoms with Crippen molar-refractivity contribution in [2.45, 2.75) is 0 Å². The number of fused-ring (bicyclic) bond motifs is 3. The maximum Gasteiger partial charge on any atom is 0.352 e. The monoisotopic (exact) mass is 249 g/mol. The Bertz CT molecular complexity index is 757. The van der Waals surface area contributed by atoms with Gasteiger partial charge in [0.05, 0.1) is 10.2 Å². The molecule has 3 rings (SSSR count). The van der Waals surface area contributed by atoms with Crippen molar-refractivity contribution in [3.8, 4) is 0 Å². The maximum absolute atomic E-state index is 13.2. The molecule has 5 heteroatoms. The van der Waals surface area contributed by atoms with Crippen LogP contribution >= 0.6 is 11.3 Å². The summed E-state index contributed by atoms with van der Waals surface area (Å²) in [4.78, 5) is 11.0. The van der Waals surface area contributed by atoms with Crippen molar-refractivity contribution in [3.63, 3.8) is 0 Å². The topological polar surface area (TPSA) is 42.2 Å². The molecule has 0 aliphatic carbocycles. The average Bonchev–Trinajstić information content (AvgIpc) is 2.76. The molecule has 1 aromatic carbocycles. The van der Waals surface area contributed by atoms with E-state index < -0.39 is 5.97 Å². The molecule has 0 amide bonds. The van der Waals surface area contributed by atoms with E-state index in [0.29, 0.717) is 0 Å². The highest BCUT2D eigenvalue weighted by molar-refractivity contribution is 7.25. The molecular formula is C12H8FNO2S. The van der Waals surface area contributed by atoms with Crippen molar-refractivity contribution in [2.24, 2.45) is 7.05 Å². The number of aromatic carboxylic acids is 1. The van der Waals surface area contributed by atoms with Gasteiger partial charge in [0, 0.05) is 17.1 Å². The Labute approximate surface area is 99.7 Å². The van der Waals surface area contributed by atoms with E-state index in [9.17, 15) is 9.18 Å². The van der Waals surface area contributed by atoms with Crippen LogP contribution in [0.5, 0.6) is 0 Å². The van der Waals surface area contributed by atoms with Crippen LogP contribution < -0.4 is 0 Å². The molecule has 0 aliphatic heterocycles. The summed E-state index contributed by atoms with van der Waals surface area (Å²) in [5, 5.41) is 9.79. The lowest BCUT2D eigenvalue weighted by molar-refractivity contribution is 0.0687. The minimum absolute atomic E-state index is 0.220. The SMILES string of the molecule is Cn1c(C(=O)O)cc2sc3ccc(F)cc3c21. The second kappa shape index (κ2) is 3.30. The van der Waals surface area contributed by atoms with Gasteiger partial charge in [-0.1, -0.05) is 0 Å². The number of aryl methyl sites for hydroxylation is 1. The molecule has 0 bridgehead atoms. The van der Waals surface area contributed by atoms with E-state index in [1.165, 1.54) is 23.5 Å². The lowest BCUT2D eigenvalue weighted by Crippen LogP contribution is -2.03. The summed E-state index contributed by atoms with van der Waals surface area (Å²) in [5.41, 5.74) is 0.999. The van der Waals surface area contributed by atoms with E-state index in [4.69, 9.17) is 5.11 Å². The fraction of sp³-hybridized carbons (Fsp3) is 0.0833. The van der Waals surface area contributed by atoms with Crippen LogP contribution in [0.2, 0.25) is 0 Å². The number of hydrogen-bond acceptors (Lipinski definition) is 2. The van der Waals surface area contributed by atoms with Gasteiger partial charge in [0.15, 0.2) is 0 Å². The predicted molar refractivity (Wildman–Crippen MR) is 65.2 cm³/mol. The molecule has 3 aromatic rings. The van der Waals surface area contributed by atoms with Crippen molar-refractivity contribution in [1.82, 2.24) is 4.57 Å². The first-order chi connectivity index (χ1) is 8.08. The lowest BCUT2D eigenvalue weighted by atomic mass is 10.2. The van der Waals surface area contributed by atoms with Crippen molar-refractivity contribution < 1.29 is 14.3 Å². The minimum Gasteiger partial charge on any atom is -0.477 e. The second-order valence-corrected chi connectivity index (χ2v) is 4.93. The molecule has 0 fully saturated rings. The van der Waals surface area contributed by atoms with Gasteiger partial charge in [-0.05, 0) is 24.3 Å². The summed E-state index contributed by atoms with van der Waals surface area (Å²) in [6.07, 6.45) is 0. The van der Waals surface area contributed by atoms with Crippen LogP contribution in [0.25, 0.3) is 20.3 Å². The summed E-state index contributed by atoms with van der Waals surface area (Å²) in [5.74, 6) is -1.28. The third kappa shape index (κ3) is 1.36. The van der Waals surface area contributed by atoms with Crippen LogP contribution in [0.3, 0.4) is 0 Å². The number of aromatic nitrogens is 1. The zero-order chi connectivity index (χ0) is 12.2. The Morgan fingerprint density at radius 1 is 1.35 bits per heavy atom. The number of carboxylic acid groups (broad SMARTS) is 1. The number of carboxylic acids is 1. The third-order valence-corrected chi connectivity index (χ3v) is 3.94. The lowest BCUT2D eigenvalue weighted by Gasteiger charge is -1.99. The number of carbonyl (C=O) groups is 1. The van der Waals surface area contributed by atoms with Gasteiger partial charge >= 0.3 is 5.97 Å². The molecule has 1 N–H and O–H groups in total. The van der Waals surface area contributed by atoms with Gasteiger partial charge in [-0.15, -0.1) is 11.3 Å². The summed E-state index contributed by atoms with van der Waals surface area (Å²) < 4.78 is 16.6. The molecule has 0 spiro atoms. The van der Waals surface area contributed by atoms with Crippen LogP contribution in [0.15, 0.2) is 24.3 Å². The molecule has 0 radical (unpaired) electrons. The predicted octanol–water partition coefficient (Wildman–Crippen LogP) is 3.23. The average molecular weight is 249 g/mol. The van der Waals surface area contributed by atoms with Crippen molar-refractivity contribution in [1.29, 1.82) is 0 Å². The van der Waals surface area contributed by atoms with E-state index in [1.54, 1.807) is 23.7 Å². The number of halogens is 1. The van der Waals surface area contributed by atoms with Crippen LogP contribution in [0.4, 0.5) is 4.39 Å². The highest BCUT2D eigenvalue weighted by Crippen LogP contribution is 2.35. The van der Waals surface area contributed by atoms with Gasteiger partial charge in [-0.3, -0.25) is 0 Å². The van der Waals surface area contributed by atoms with Gasteiger partial charge in [-0.2, -0.15) is 0 Å². The summed E-state index contributed by atoms with van der Waals surface area (Å²) in [6.45, 7) is 0. The smallest absolute Gasteiger partial charge is 0.352 e. The van der Waals surface area contributed by atoms with Gasteiger partial charge in [0.25, 0.3) is 0 Å². The number of rotatable bonds is 1. The van der Waals surface area contributed by atoms with Crippen LogP contribution in [-0.4, -0.2) is 15.6 Å². The molecule has 0 aliphatic rings. The van der Waals surface area contributed by atoms with Gasteiger partial charge in [0.2, 0.25) is 0 Å². The highest BCUT2D eigenvalue weighted by atomic mass is 32.1. The molecule has 17 heavy (non-hydrogen) atoms. The first-order valence-electron chi connectivity index (χ1n) is 4.98. The highest BCUT2D eigenvalue weighted by Gasteiger charge is 2.16. The van der Waals surface area contributed by atoms with Crippen molar-refractivity contribution in [3.05, 3.63) is 35.8 Å². The molecule has 3 nitrogen and oxygen atoms in total. The Morgan fingerprint density at radius 2 is 2.12 bits per heavy atom. The Balaban J connectivity index is 2.48. The zero-order valence-electron chi connectivity index (χ0n) is 8.90. The summed E-state index contributed by atoms with van der Waals surface area (Å²) in [7, 11) is 1.68. The molecule has 0 unspecified atom stereocenters. The first kappa shape index (κ1) is 10.3. The Kier molecular flexibility index (Phi) is 2.00. The minimum atomic E-state index is -0.972. The molecule has 86 valence electrons. The number of benzene rings is 1. The first-order valence-corrected chi connectivity index (χ1v) is 5.80. The molecule has 0 saturated heterocycles.